The van der Waals surface area contributed by atoms with E-state index in [1.807, 2.05) is 28.8 Å². The number of aryl methyl sites for hydroxylation is 1. The lowest BCUT2D eigenvalue weighted by molar-refractivity contribution is -0.145. The highest BCUT2D eigenvalue weighted by Crippen LogP contribution is 2.45. The van der Waals surface area contributed by atoms with Crippen LogP contribution in [0.5, 0.6) is 0 Å². The topological polar surface area (TPSA) is 78.8 Å². The van der Waals surface area contributed by atoms with Crippen molar-refractivity contribution in [3.8, 4) is 0 Å². The number of imidazole rings is 1. The van der Waals surface area contributed by atoms with E-state index in [9.17, 15) is 14.4 Å². The molecule has 3 aliphatic rings. The van der Waals surface area contributed by atoms with Gasteiger partial charge in [-0.15, -0.1) is 0 Å². The van der Waals surface area contributed by atoms with E-state index in [-0.39, 0.29) is 36.6 Å². The van der Waals surface area contributed by atoms with E-state index in [0.29, 0.717) is 23.7 Å². The SMILES string of the molecule is Cn1ccnc1CN1CCN(C(=O)CC2(c3ccccc3Cl)CC(=O)N(C3CCCC3)C2=O)CC1. The van der Waals surface area contributed by atoms with Gasteiger partial charge in [0.2, 0.25) is 17.7 Å². The van der Waals surface area contributed by atoms with Gasteiger partial charge in [0.15, 0.2) is 0 Å². The lowest BCUT2D eigenvalue weighted by Gasteiger charge is -2.37. The van der Waals surface area contributed by atoms with Crippen molar-refractivity contribution in [1.29, 1.82) is 0 Å². The summed E-state index contributed by atoms with van der Waals surface area (Å²) in [6, 6.07) is 7.08. The second-order valence-corrected chi connectivity index (χ2v) is 10.4. The van der Waals surface area contributed by atoms with Crippen molar-refractivity contribution in [3.05, 3.63) is 53.1 Å². The van der Waals surface area contributed by atoms with Crippen LogP contribution in [0, 0.1) is 0 Å². The Kier molecular flexibility index (Phi) is 6.68. The Morgan fingerprint density at radius 1 is 1.11 bits per heavy atom. The van der Waals surface area contributed by atoms with Crippen molar-refractivity contribution in [3.63, 3.8) is 0 Å². The first-order chi connectivity index (χ1) is 16.9. The maximum atomic E-state index is 13.9. The molecule has 5 rings (SSSR count). The van der Waals surface area contributed by atoms with Gasteiger partial charge in [-0.05, 0) is 24.5 Å². The summed E-state index contributed by atoms with van der Waals surface area (Å²) in [5.41, 5.74) is -0.651. The number of amides is 3. The number of carbonyl (C=O) groups excluding carboxylic acids is 3. The molecule has 1 aromatic heterocycles. The number of piperazine rings is 1. The Bertz CT molecular complexity index is 1120. The van der Waals surface area contributed by atoms with Crippen LogP contribution in [0.15, 0.2) is 36.7 Å². The zero-order valence-electron chi connectivity index (χ0n) is 20.2. The Labute approximate surface area is 210 Å². The minimum atomic E-state index is -1.24. The second kappa shape index (κ2) is 9.74. The molecule has 8 nitrogen and oxygen atoms in total. The Hall–Kier alpha value is -2.71. The minimum absolute atomic E-state index is 0.00305. The zero-order chi connectivity index (χ0) is 24.6. The van der Waals surface area contributed by atoms with Crippen molar-refractivity contribution < 1.29 is 14.4 Å². The second-order valence-electron chi connectivity index (χ2n) is 10.0. The number of nitrogens with zero attached hydrogens (tertiary/aromatic N) is 5. The molecule has 0 spiro atoms. The van der Waals surface area contributed by atoms with E-state index in [2.05, 4.69) is 9.88 Å². The number of halogens is 1. The highest BCUT2D eigenvalue weighted by molar-refractivity contribution is 6.32. The molecule has 1 aromatic carbocycles. The summed E-state index contributed by atoms with van der Waals surface area (Å²) in [5, 5.41) is 0.426. The van der Waals surface area contributed by atoms with Crippen molar-refractivity contribution in [1.82, 2.24) is 24.3 Å². The van der Waals surface area contributed by atoms with Gasteiger partial charge in [0.25, 0.3) is 0 Å². The molecule has 1 aliphatic carbocycles. The predicted octanol–water partition coefficient (Wildman–Crippen LogP) is 2.75. The summed E-state index contributed by atoms with van der Waals surface area (Å²) in [6.45, 7) is 3.36. The van der Waals surface area contributed by atoms with Gasteiger partial charge in [-0.2, -0.15) is 0 Å². The maximum Gasteiger partial charge on any atom is 0.241 e. The van der Waals surface area contributed by atoms with Gasteiger partial charge in [-0.25, -0.2) is 4.98 Å². The van der Waals surface area contributed by atoms with Crippen LogP contribution in [-0.4, -0.2) is 74.2 Å². The number of carbonyl (C=O) groups is 3. The average molecular weight is 498 g/mol. The van der Waals surface area contributed by atoms with Crippen molar-refractivity contribution in [2.45, 2.75) is 56.5 Å². The Morgan fingerprint density at radius 3 is 2.49 bits per heavy atom. The van der Waals surface area contributed by atoms with Crippen LogP contribution >= 0.6 is 11.6 Å². The molecule has 1 atom stereocenters. The fourth-order valence-electron chi connectivity index (χ4n) is 5.86. The molecule has 0 bridgehead atoms. The quantitative estimate of drug-likeness (QED) is 0.573. The van der Waals surface area contributed by atoms with Gasteiger partial charge >= 0.3 is 0 Å². The van der Waals surface area contributed by atoms with Gasteiger partial charge in [-0.1, -0.05) is 42.6 Å². The van der Waals surface area contributed by atoms with E-state index in [1.54, 1.807) is 24.4 Å². The molecule has 0 radical (unpaired) electrons. The van der Waals surface area contributed by atoms with E-state index in [0.717, 1.165) is 51.1 Å². The molecule has 0 N–H and O–H groups in total. The molecule has 1 saturated carbocycles. The van der Waals surface area contributed by atoms with Gasteiger partial charge < -0.3 is 9.47 Å². The average Bonchev–Trinajstić information content (AvgIpc) is 3.56. The van der Waals surface area contributed by atoms with Crippen molar-refractivity contribution in [2.24, 2.45) is 7.05 Å². The number of hydrogen-bond donors (Lipinski definition) is 0. The number of rotatable bonds is 6. The van der Waals surface area contributed by atoms with Gasteiger partial charge in [0, 0.05) is 69.5 Å². The summed E-state index contributed by atoms with van der Waals surface area (Å²) in [4.78, 5) is 50.6. The molecule has 1 unspecified atom stereocenters. The van der Waals surface area contributed by atoms with E-state index >= 15 is 0 Å². The van der Waals surface area contributed by atoms with Crippen LogP contribution in [-0.2, 0) is 33.4 Å². The van der Waals surface area contributed by atoms with E-state index < -0.39 is 5.41 Å². The van der Waals surface area contributed by atoms with Crippen LogP contribution in [0.3, 0.4) is 0 Å². The standard InChI is InChI=1S/C26H32ClN5O3/c1-29-11-10-28-22(29)18-30-12-14-31(15-13-30)23(33)16-26(20-8-4-5-9-21(20)27)17-24(34)32(25(26)35)19-6-2-3-7-19/h4-5,8-11,19H,2-3,6-7,12-18H2,1H3. The number of aromatic nitrogens is 2. The van der Waals surface area contributed by atoms with Crippen LogP contribution < -0.4 is 0 Å². The maximum absolute atomic E-state index is 13.9. The third-order valence-electron chi connectivity index (χ3n) is 7.89. The molecule has 3 heterocycles. The molecule has 186 valence electrons. The smallest absolute Gasteiger partial charge is 0.241 e. The number of imide groups is 1. The van der Waals surface area contributed by atoms with Gasteiger partial charge in [-0.3, -0.25) is 24.2 Å². The Morgan fingerprint density at radius 2 is 1.83 bits per heavy atom. The largest absolute Gasteiger partial charge is 0.340 e. The normalized spacial score (nSPS) is 24.1. The molecular weight excluding hydrogens is 466 g/mol. The highest BCUT2D eigenvalue weighted by Gasteiger charge is 2.56. The Balaban J connectivity index is 1.34. The minimum Gasteiger partial charge on any atom is -0.340 e. The first kappa shape index (κ1) is 24.0. The molecule has 3 amide bonds. The molecule has 9 heteroatoms. The summed E-state index contributed by atoms with van der Waals surface area (Å²) < 4.78 is 2.00. The molecular formula is C26H32ClN5O3. The van der Waals surface area contributed by atoms with E-state index in [4.69, 9.17) is 11.6 Å². The monoisotopic (exact) mass is 497 g/mol. The van der Waals surface area contributed by atoms with Crippen LogP contribution in [0.1, 0.15) is 49.9 Å². The number of benzene rings is 1. The summed E-state index contributed by atoms with van der Waals surface area (Å²) >= 11 is 6.56. The van der Waals surface area contributed by atoms with Gasteiger partial charge in [0.1, 0.15) is 5.82 Å². The third-order valence-corrected chi connectivity index (χ3v) is 8.22. The van der Waals surface area contributed by atoms with Crippen LogP contribution in [0.25, 0.3) is 0 Å². The highest BCUT2D eigenvalue weighted by atomic mass is 35.5. The summed E-state index contributed by atoms with van der Waals surface area (Å²) in [7, 11) is 1.98. The lowest BCUT2D eigenvalue weighted by atomic mass is 9.75. The van der Waals surface area contributed by atoms with Gasteiger partial charge in [0.05, 0.1) is 12.0 Å². The van der Waals surface area contributed by atoms with Crippen LogP contribution in [0.2, 0.25) is 5.02 Å². The third kappa shape index (κ3) is 4.49. The zero-order valence-corrected chi connectivity index (χ0v) is 20.9. The predicted molar refractivity (Wildman–Crippen MR) is 132 cm³/mol. The number of hydrogen-bond acceptors (Lipinski definition) is 5. The fourth-order valence-corrected chi connectivity index (χ4v) is 6.18. The molecule has 35 heavy (non-hydrogen) atoms. The summed E-state index contributed by atoms with van der Waals surface area (Å²) in [5.74, 6) is 0.444. The van der Waals surface area contributed by atoms with Crippen molar-refractivity contribution in [2.75, 3.05) is 26.2 Å². The molecule has 2 aromatic rings. The van der Waals surface area contributed by atoms with Crippen molar-refractivity contribution >= 4 is 29.3 Å². The van der Waals surface area contributed by atoms with Crippen LogP contribution in [0.4, 0.5) is 0 Å². The first-order valence-electron chi connectivity index (χ1n) is 12.5. The fraction of sp³-hybridized carbons (Fsp3) is 0.538. The summed E-state index contributed by atoms with van der Waals surface area (Å²) in [6.07, 6.45) is 7.38. The molecule has 3 fully saturated rings. The number of likely N-dealkylation sites (tertiary alicyclic amines) is 1. The van der Waals surface area contributed by atoms with E-state index in [1.165, 1.54) is 4.90 Å². The molecule has 2 aliphatic heterocycles. The first-order valence-corrected chi connectivity index (χ1v) is 12.8. The lowest BCUT2D eigenvalue weighted by Crippen LogP contribution is -2.51. The molecule has 2 saturated heterocycles.